The number of hydrogen-bond acceptors (Lipinski definition) is 4. The van der Waals surface area contributed by atoms with Crippen molar-refractivity contribution in [2.45, 2.75) is 32.7 Å². The summed E-state index contributed by atoms with van der Waals surface area (Å²) in [6.07, 6.45) is 2.13. The van der Waals surface area contributed by atoms with E-state index in [2.05, 4.69) is 25.2 Å². The lowest BCUT2D eigenvalue weighted by Crippen LogP contribution is -2.20. The van der Waals surface area contributed by atoms with Gasteiger partial charge in [0.1, 0.15) is 0 Å². The Morgan fingerprint density at radius 2 is 2.05 bits per heavy atom. The van der Waals surface area contributed by atoms with Gasteiger partial charge in [-0.05, 0) is 49.9 Å². The van der Waals surface area contributed by atoms with Crippen molar-refractivity contribution in [3.05, 3.63) is 23.8 Å². The molecule has 2 N–H and O–H groups in total. The maximum absolute atomic E-state index is 8.96. The number of aliphatic hydroxyl groups excluding tert-OH is 1. The molecule has 0 fully saturated rings. The summed E-state index contributed by atoms with van der Waals surface area (Å²) in [5.41, 5.74) is 1.21. The quantitative estimate of drug-likeness (QED) is 0.744. The standard InChI is InChI=1S/C15H23NO3/c1-11(9-17)4-3-7-16-12(2)13-5-6-14-15(8-13)19-10-18-14/h5-6,8,11-12,16-17H,3-4,7,9-10H2,1-2H3. The largest absolute Gasteiger partial charge is 0.454 e. The van der Waals surface area contributed by atoms with Gasteiger partial charge >= 0.3 is 0 Å². The lowest BCUT2D eigenvalue weighted by Gasteiger charge is -2.15. The Hall–Kier alpha value is -1.26. The van der Waals surface area contributed by atoms with E-state index in [0.717, 1.165) is 30.9 Å². The van der Waals surface area contributed by atoms with E-state index in [-0.39, 0.29) is 6.61 Å². The topological polar surface area (TPSA) is 50.7 Å². The monoisotopic (exact) mass is 265 g/mol. The molecule has 2 atom stereocenters. The zero-order chi connectivity index (χ0) is 13.7. The normalized spacial score (nSPS) is 16.4. The molecule has 1 aliphatic heterocycles. The molecule has 0 bridgehead atoms. The second kappa shape index (κ2) is 6.78. The van der Waals surface area contributed by atoms with E-state index < -0.39 is 0 Å². The number of benzene rings is 1. The molecule has 19 heavy (non-hydrogen) atoms. The van der Waals surface area contributed by atoms with E-state index in [9.17, 15) is 0 Å². The smallest absolute Gasteiger partial charge is 0.231 e. The Labute approximate surface area is 114 Å². The number of hydrogen-bond donors (Lipinski definition) is 2. The van der Waals surface area contributed by atoms with Gasteiger partial charge in [0.05, 0.1) is 0 Å². The molecule has 1 aromatic carbocycles. The van der Waals surface area contributed by atoms with Crippen molar-refractivity contribution in [1.82, 2.24) is 5.32 Å². The number of ether oxygens (including phenoxy) is 2. The molecule has 1 aromatic rings. The molecule has 1 aliphatic rings. The maximum Gasteiger partial charge on any atom is 0.231 e. The summed E-state index contributed by atoms with van der Waals surface area (Å²) in [7, 11) is 0. The van der Waals surface area contributed by atoms with Crippen LogP contribution in [0, 0.1) is 5.92 Å². The summed E-state index contributed by atoms with van der Waals surface area (Å²) in [5.74, 6) is 2.05. The van der Waals surface area contributed by atoms with Gasteiger partial charge in [0, 0.05) is 12.6 Å². The first-order valence-corrected chi connectivity index (χ1v) is 6.94. The molecule has 106 valence electrons. The van der Waals surface area contributed by atoms with Gasteiger partial charge in [-0.3, -0.25) is 0 Å². The van der Waals surface area contributed by atoms with Crippen molar-refractivity contribution in [3.63, 3.8) is 0 Å². The van der Waals surface area contributed by atoms with Crippen LogP contribution in [0.4, 0.5) is 0 Å². The number of aliphatic hydroxyl groups is 1. The van der Waals surface area contributed by atoms with Crippen molar-refractivity contribution < 1.29 is 14.6 Å². The zero-order valence-corrected chi connectivity index (χ0v) is 11.7. The van der Waals surface area contributed by atoms with Crippen LogP contribution < -0.4 is 14.8 Å². The van der Waals surface area contributed by atoms with Crippen molar-refractivity contribution in [2.75, 3.05) is 19.9 Å². The van der Waals surface area contributed by atoms with Gasteiger partial charge in [-0.15, -0.1) is 0 Å². The van der Waals surface area contributed by atoms with Crippen LogP contribution in [0.3, 0.4) is 0 Å². The molecule has 2 unspecified atom stereocenters. The minimum absolute atomic E-state index is 0.276. The number of fused-ring (bicyclic) bond motifs is 1. The predicted octanol–water partition coefficient (Wildman–Crippen LogP) is 2.47. The molecule has 2 rings (SSSR count). The predicted molar refractivity (Wildman–Crippen MR) is 74.5 cm³/mol. The minimum Gasteiger partial charge on any atom is -0.454 e. The molecule has 0 spiro atoms. The summed E-state index contributed by atoms with van der Waals surface area (Å²) in [6.45, 7) is 5.77. The van der Waals surface area contributed by atoms with Gasteiger partial charge in [0.25, 0.3) is 0 Å². The van der Waals surface area contributed by atoms with E-state index in [1.807, 2.05) is 12.1 Å². The maximum atomic E-state index is 8.96. The first kappa shape index (κ1) is 14.2. The highest BCUT2D eigenvalue weighted by Crippen LogP contribution is 2.34. The molecule has 0 aromatic heterocycles. The van der Waals surface area contributed by atoms with Gasteiger partial charge in [-0.2, -0.15) is 0 Å². The highest BCUT2D eigenvalue weighted by molar-refractivity contribution is 5.45. The molecule has 0 saturated carbocycles. The zero-order valence-electron chi connectivity index (χ0n) is 11.7. The van der Waals surface area contributed by atoms with Crippen molar-refractivity contribution in [2.24, 2.45) is 5.92 Å². The van der Waals surface area contributed by atoms with E-state index in [1.165, 1.54) is 5.56 Å². The molecule has 0 aliphatic carbocycles. The minimum atomic E-state index is 0.276. The van der Waals surface area contributed by atoms with Crippen LogP contribution in [0.1, 0.15) is 38.3 Å². The lowest BCUT2D eigenvalue weighted by atomic mass is 10.1. The van der Waals surface area contributed by atoms with E-state index in [4.69, 9.17) is 14.6 Å². The highest BCUT2D eigenvalue weighted by Gasteiger charge is 2.15. The van der Waals surface area contributed by atoms with Gasteiger partial charge in [0.2, 0.25) is 6.79 Å². The fourth-order valence-electron chi connectivity index (χ4n) is 2.16. The van der Waals surface area contributed by atoms with Crippen LogP contribution in [0.5, 0.6) is 11.5 Å². The van der Waals surface area contributed by atoms with Gasteiger partial charge in [-0.1, -0.05) is 13.0 Å². The Morgan fingerprint density at radius 1 is 1.26 bits per heavy atom. The summed E-state index contributed by atoms with van der Waals surface area (Å²) in [6, 6.07) is 6.36. The van der Waals surface area contributed by atoms with E-state index in [0.29, 0.717) is 18.8 Å². The second-order valence-corrected chi connectivity index (χ2v) is 5.22. The Bertz CT molecular complexity index is 408. The molecule has 4 heteroatoms. The SMILES string of the molecule is CC(CO)CCCNC(C)c1ccc2c(c1)OCO2. The first-order valence-electron chi connectivity index (χ1n) is 6.94. The van der Waals surface area contributed by atoms with E-state index >= 15 is 0 Å². The Balaban J connectivity index is 1.78. The highest BCUT2D eigenvalue weighted by atomic mass is 16.7. The van der Waals surface area contributed by atoms with Crippen LogP contribution in [-0.4, -0.2) is 25.1 Å². The summed E-state index contributed by atoms with van der Waals surface area (Å²) >= 11 is 0. The molecule has 0 amide bonds. The van der Waals surface area contributed by atoms with E-state index in [1.54, 1.807) is 0 Å². The van der Waals surface area contributed by atoms with Crippen molar-refractivity contribution in [3.8, 4) is 11.5 Å². The Morgan fingerprint density at radius 3 is 2.84 bits per heavy atom. The molecule has 0 saturated heterocycles. The van der Waals surface area contributed by atoms with Crippen LogP contribution in [-0.2, 0) is 0 Å². The number of nitrogens with one attached hydrogen (secondary N) is 1. The molecule has 1 heterocycles. The molecular formula is C15H23NO3. The van der Waals surface area contributed by atoms with Crippen LogP contribution in [0.2, 0.25) is 0 Å². The van der Waals surface area contributed by atoms with Gasteiger partial charge in [-0.25, -0.2) is 0 Å². The van der Waals surface area contributed by atoms with Crippen LogP contribution in [0.25, 0.3) is 0 Å². The fraction of sp³-hybridized carbons (Fsp3) is 0.600. The molecule has 0 radical (unpaired) electrons. The van der Waals surface area contributed by atoms with Crippen molar-refractivity contribution in [1.29, 1.82) is 0 Å². The molecule has 4 nitrogen and oxygen atoms in total. The first-order chi connectivity index (χ1) is 9.20. The average Bonchev–Trinajstić information content (AvgIpc) is 2.90. The van der Waals surface area contributed by atoms with Crippen LogP contribution >= 0.6 is 0 Å². The average molecular weight is 265 g/mol. The summed E-state index contributed by atoms with van der Waals surface area (Å²) in [4.78, 5) is 0. The fourth-order valence-corrected chi connectivity index (χ4v) is 2.16. The van der Waals surface area contributed by atoms with Gasteiger partial charge < -0.3 is 19.9 Å². The van der Waals surface area contributed by atoms with Crippen LogP contribution in [0.15, 0.2) is 18.2 Å². The summed E-state index contributed by atoms with van der Waals surface area (Å²) in [5, 5.41) is 12.5. The summed E-state index contributed by atoms with van der Waals surface area (Å²) < 4.78 is 10.7. The Kier molecular flexibility index (Phi) is 5.05. The molecular weight excluding hydrogens is 242 g/mol. The third-order valence-corrected chi connectivity index (χ3v) is 3.53. The van der Waals surface area contributed by atoms with Gasteiger partial charge in [0.15, 0.2) is 11.5 Å². The van der Waals surface area contributed by atoms with Crippen molar-refractivity contribution >= 4 is 0 Å². The second-order valence-electron chi connectivity index (χ2n) is 5.22. The lowest BCUT2D eigenvalue weighted by molar-refractivity contribution is 0.174. The third-order valence-electron chi connectivity index (χ3n) is 3.53. The third kappa shape index (κ3) is 3.85. The number of rotatable bonds is 7.